The summed E-state index contributed by atoms with van der Waals surface area (Å²) in [5.74, 6) is 2.51. The van der Waals surface area contributed by atoms with Crippen molar-refractivity contribution in [2.24, 2.45) is 23.7 Å². The predicted molar refractivity (Wildman–Crippen MR) is 325 cm³/mol. The lowest BCUT2D eigenvalue weighted by atomic mass is 9.41. The van der Waals surface area contributed by atoms with Gasteiger partial charge in [0.05, 0.1) is 5.41 Å². The van der Waals surface area contributed by atoms with Crippen molar-refractivity contribution in [1.82, 2.24) is 0 Å². The highest BCUT2D eigenvalue weighted by molar-refractivity contribution is 7.25. The van der Waals surface area contributed by atoms with E-state index in [4.69, 9.17) is 0 Å². The number of hydrogen-bond donors (Lipinski definition) is 0. The SMILES string of the molecule is CC1(C)c2ccccc2-c2ccc(N(c3ccc(-c4ccccc4-c4cccc5sc6ccccc6c45)cc3)c3ccc4c(c3)C(c3ccccc3)(c3ccccc3)c3ccccc3C43[C@H]4C[C@@H](C)C[C@@H]3C[C@@H](C)C4)cc21. The highest BCUT2D eigenvalue weighted by Gasteiger charge is 2.61. The van der Waals surface area contributed by atoms with Gasteiger partial charge in [-0.3, -0.25) is 0 Å². The van der Waals surface area contributed by atoms with Gasteiger partial charge in [-0.05, 0) is 176 Å². The largest absolute Gasteiger partial charge is 0.310 e. The topological polar surface area (TPSA) is 3.24 Å². The van der Waals surface area contributed by atoms with Gasteiger partial charge in [0.1, 0.15) is 0 Å². The van der Waals surface area contributed by atoms with Crippen LogP contribution in [0.25, 0.3) is 53.6 Å². The van der Waals surface area contributed by atoms with Gasteiger partial charge in [0.15, 0.2) is 0 Å². The molecule has 0 aliphatic heterocycles. The third-order valence-corrected chi connectivity index (χ3v) is 20.4. The molecule has 0 amide bonds. The standard InChI is InChI=1S/C75H63NS/c1-48-42-53-44-49(2)45-54(43-48)75(53)66-31-17-16-30-65(66)74(51-20-7-5-8-21-51,52-22-9-6-10-23-52)69-47-57(39-41-67(69)75)76(56-38-40-61-60-26-13-15-29-64(60)73(3,4)68(61)46-56)55-36-34-50(35-37-55)58-24-11-12-25-59(58)62-28-19-33-71-72(62)63-27-14-18-32-70(63)77-71/h5-41,46-49,53-54H,42-45H2,1-4H3/t48-,49+,53+,54-,75?. The molecular formula is C75H63NS. The summed E-state index contributed by atoms with van der Waals surface area (Å²) in [7, 11) is 0. The molecule has 15 rings (SSSR count). The Balaban J connectivity index is 0.972. The van der Waals surface area contributed by atoms with E-state index >= 15 is 0 Å². The van der Waals surface area contributed by atoms with E-state index in [0.717, 1.165) is 5.69 Å². The molecule has 10 aromatic carbocycles. The van der Waals surface area contributed by atoms with Crippen molar-refractivity contribution in [1.29, 1.82) is 0 Å². The maximum absolute atomic E-state index is 2.66. The lowest BCUT2D eigenvalue weighted by Crippen LogP contribution is -2.56. The van der Waals surface area contributed by atoms with Crippen LogP contribution in [0.15, 0.2) is 237 Å². The number of hydrogen-bond acceptors (Lipinski definition) is 2. The molecule has 1 nitrogen and oxygen atoms in total. The Labute approximate surface area is 458 Å². The van der Waals surface area contributed by atoms with Gasteiger partial charge < -0.3 is 4.90 Å². The first kappa shape index (κ1) is 46.5. The van der Waals surface area contributed by atoms with Crippen LogP contribution in [0.4, 0.5) is 17.1 Å². The fourth-order valence-corrected chi connectivity index (χ4v) is 17.4. The van der Waals surface area contributed by atoms with Gasteiger partial charge in [0.25, 0.3) is 0 Å². The van der Waals surface area contributed by atoms with E-state index in [2.05, 4.69) is 269 Å². The van der Waals surface area contributed by atoms with Crippen LogP contribution in [-0.2, 0) is 16.2 Å². The molecule has 0 N–H and O–H groups in total. The van der Waals surface area contributed by atoms with E-state index < -0.39 is 5.41 Å². The molecule has 0 unspecified atom stereocenters. The number of anilines is 3. The Morgan fingerprint density at radius 1 is 0.377 bits per heavy atom. The Hall–Kier alpha value is -7.78. The van der Waals surface area contributed by atoms with Crippen LogP contribution < -0.4 is 4.90 Å². The molecule has 11 aromatic rings. The lowest BCUT2D eigenvalue weighted by molar-refractivity contribution is 0.0238. The van der Waals surface area contributed by atoms with Crippen LogP contribution in [-0.4, -0.2) is 0 Å². The summed E-state index contributed by atoms with van der Waals surface area (Å²) in [6.45, 7) is 9.88. The second-order valence-electron chi connectivity index (χ2n) is 23.8. The van der Waals surface area contributed by atoms with E-state index in [1.54, 1.807) is 5.56 Å². The third kappa shape index (κ3) is 6.77. The van der Waals surface area contributed by atoms with Gasteiger partial charge in [-0.1, -0.05) is 216 Å². The lowest BCUT2D eigenvalue weighted by Gasteiger charge is -2.62. The quantitative estimate of drug-likeness (QED) is 0.154. The maximum Gasteiger partial charge on any atom is 0.0708 e. The van der Waals surface area contributed by atoms with E-state index in [-0.39, 0.29) is 10.8 Å². The Bertz CT molecular complexity index is 4020. The van der Waals surface area contributed by atoms with Crippen LogP contribution >= 0.6 is 11.3 Å². The summed E-state index contributed by atoms with van der Waals surface area (Å²) in [4.78, 5) is 2.58. The molecule has 2 heteroatoms. The van der Waals surface area contributed by atoms with Crippen molar-refractivity contribution in [3.63, 3.8) is 0 Å². The average molecular weight is 1010 g/mol. The molecule has 1 aromatic heterocycles. The highest BCUT2D eigenvalue weighted by Crippen LogP contribution is 2.67. The van der Waals surface area contributed by atoms with Crippen molar-refractivity contribution >= 4 is 48.6 Å². The Morgan fingerprint density at radius 3 is 1.56 bits per heavy atom. The number of benzene rings is 10. The van der Waals surface area contributed by atoms with Gasteiger partial charge in [0.2, 0.25) is 0 Å². The van der Waals surface area contributed by atoms with E-state index in [0.29, 0.717) is 23.7 Å². The summed E-state index contributed by atoms with van der Waals surface area (Å²) in [6.07, 6.45) is 5.03. The van der Waals surface area contributed by atoms with Gasteiger partial charge in [0, 0.05) is 48.1 Å². The summed E-state index contributed by atoms with van der Waals surface area (Å²) in [5.41, 5.74) is 21.6. The number of nitrogens with zero attached hydrogens (tertiary/aromatic N) is 1. The van der Waals surface area contributed by atoms with Gasteiger partial charge in [-0.2, -0.15) is 0 Å². The second-order valence-corrected chi connectivity index (χ2v) is 24.9. The molecule has 2 fully saturated rings. The molecule has 2 bridgehead atoms. The van der Waals surface area contributed by atoms with Gasteiger partial charge in [-0.15, -0.1) is 11.3 Å². The normalized spacial score (nSPS) is 21.3. The molecule has 4 aliphatic carbocycles. The molecule has 4 aliphatic rings. The predicted octanol–water partition coefficient (Wildman–Crippen LogP) is 20.2. The molecule has 1 spiro atoms. The third-order valence-electron chi connectivity index (χ3n) is 19.2. The molecule has 0 radical (unpaired) electrons. The fraction of sp³-hybridized carbons (Fsp3) is 0.200. The van der Waals surface area contributed by atoms with Crippen molar-refractivity contribution in [2.45, 2.75) is 69.6 Å². The van der Waals surface area contributed by atoms with Gasteiger partial charge in [-0.25, -0.2) is 0 Å². The van der Waals surface area contributed by atoms with Crippen molar-refractivity contribution in [3.8, 4) is 33.4 Å². The van der Waals surface area contributed by atoms with E-state index in [1.165, 1.54) is 130 Å². The number of fused-ring (bicyclic) bond motifs is 8. The summed E-state index contributed by atoms with van der Waals surface area (Å²) in [5, 5.41) is 2.66. The number of thiophene rings is 1. The summed E-state index contributed by atoms with van der Waals surface area (Å²) in [6, 6.07) is 91.1. The molecule has 0 saturated heterocycles. The maximum atomic E-state index is 2.66. The van der Waals surface area contributed by atoms with Crippen LogP contribution in [0.1, 0.15) is 97.9 Å². The van der Waals surface area contributed by atoms with E-state index in [9.17, 15) is 0 Å². The summed E-state index contributed by atoms with van der Waals surface area (Å²) >= 11 is 1.88. The second kappa shape index (κ2) is 17.6. The van der Waals surface area contributed by atoms with Crippen LogP contribution in [0.2, 0.25) is 0 Å². The first-order valence-electron chi connectivity index (χ1n) is 28.2. The molecule has 77 heavy (non-hydrogen) atoms. The van der Waals surface area contributed by atoms with Crippen LogP contribution in [0, 0.1) is 23.7 Å². The van der Waals surface area contributed by atoms with Gasteiger partial charge >= 0.3 is 0 Å². The molecule has 0 atom stereocenters. The summed E-state index contributed by atoms with van der Waals surface area (Å²) < 4.78 is 2.65. The molecule has 374 valence electrons. The zero-order valence-corrected chi connectivity index (χ0v) is 45.3. The molecule has 1 heterocycles. The molecule has 2 saturated carbocycles. The van der Waals surface area contributed by atoms with Crippen molar-refractivity contribution in [2.75, 3.05) is 4.90 Å². The number of rotatable bonds is 7. The zero-order valence-electron chi connectivity index (χ0n) is 44.5. The first-order valence-corrected chi connectivity index (χ1v) is 29.1. The zero-order chi connectivity index (χ0) is 51.6. The minimum absolute atomic E-state index is 0.0978. The molecular weight excluding hydrogens is 947 g/mol. The van der Waals surface area contributed by atoms with Crippen LogP contribution in [0.3, 0.4) is 0 Å². The van der Waals surface area contributed by atoms with Crippen LogP contribution in [0.5, 0.6) is 0 Å². The van der Waals surface area contributed by atoms with E-state index in [1.807, 2.05) is 11.3 Å². The Kier molecular flexibility index (Phi) is 10.7. The Morgan fingerprint density at radius 2 is 0.870 bits per heavy atom. The fourth-order valence-electron chi connectivity index (χ4n) is 16.3. The minimum atomic E-state index is -0.573. The highest BCUT2D eigenvalue weighted by atomic mass is 32.1. The smallest absolute Gasteiger partial charge is 0.0708 e. The van der Waals surface area contributed by atoms with Crippen molar-refractivity contribution in [3.05, 3.63) is 281 Å². The monoisotopic (exact) mass is 1010 g/mol. The average Bonchev–Trinajstić information content (AvgIpc) is 3.98. The minimum Gasteiger partial charge on any atom is -0.310 e. The first-order chi connectivity index (χ1) is 37.7. The van der Waals surface area contributed by atoms with Crippen molar-refractivity contribution < 1.29 is 0 Å².